The molecule has 0 radical (unpaired) electrons. The van der Waals surface area contributed by atoms with Gasteiger partial charge >= 0.3 is 0 Å². The summed E-state index contributed by atoms with van der Waals surface area (Å²) in [7, 11) is -2.32. The van der Waals surface area contributed by atoms with E-state index in [9.17, 15) is 13.2 Å². The second kappa shape index (κ2) is 6.57. The number of methoxy groups -OCH3 is 1. The zero-order valence-electron chi connectivity index (χ0n) is 16.5. The van der Waals surface area contributed by atoms with Gasteiger partial charge in [-0.2, -0.15) is 0 Å². The minimum Gasteiger partial charge on any atom is -0.497 e. The Morgan fingerprint density at radius 1 is 0.967 bits per heavy atom. The van der Waals surface area contributed by atoms with Crippen molar-refractivity contribution >= 4 is 26.7 Å². The van der Waals surface area contributed by atoms with E-state index in [1.54, 1.807) is 61.7 Å². The number of nitrogens with zero attached hydrogens (tertiary/aromatic N) is 1. The number of carbonyl (C=O) groups excluding carboxylic acids is 1. The molecule has 0 saturated heterocycles. The van der Waals surface area contributed by atoms with E-state index in [1.807, 2.05) is 19.1 Å². The maximum Gasteiger partial charge on any atom is 0.268 e. The molecule has 0 aliphatic heterocycles. The number of aromatic nitrogens is 1. The lowest BCUT2D eigenvalue weighted by atomic mass is 9.87. The van der Waals surface area contributed by atoms with Gasteiger partial charge in [0.1, 0.15) is 5.75 Å². The standard InChI is InChI=1S/C24H19NO4S/c1-15-7-10-18(11-8-15)30(27,28)25-21-6-4-3-5-20(21)23-22(25)14-16-13-17(29-2)9-12-19(16)24(23)26/h3-13H,14H2,1-2H3. The highest BCUT2D eigenvalue weighted by Gasteiger charge is 2.34. The zero-order chi connectivity index (χ0) is 21.0. The van der Waals surface area contributed by atoms with Crippen molar-refractivity contribution in [1.29, 1.82) is 0 Å². The molecule has 3 aromatic carbocycles. The van der Waals surface area contributed by atoms with Crippen LogP contribution in [0.1, 0.15) is 32.7 Å². The predicted octanol–water partition coefficient (Wildman–Crippen LogP) is 4.33. The molecule has 1 aromatic heterocycles. The van der Waals surface area contributed by atoms with Crippen LogP contribution in [0.3, 0.4) is 0 Å². The maximum atomic E-state index is 13.7. The monoisotopic (exact) mass is 417 g/mol. The Hall–Kier alpha value is -3.38. The molecule has 0 atom stereocenters. The van der Waals surface area contributed by atoms with Gasteiger partial charge in [-0.15, -0.1) is 0 Å². The van der Waals surface area contributed by atoms with E-state index in [4.69, 9.17) is 4.74 Å². The van der Waals surface area contributed by atoms with Crippen LogP contribution >= 0.6 is 0 Å². The van der Waals surface area contributed by atoms with Gasteiger partial charge in [0.05, 0.1) is 28.8 Å². The highest BCUT2D eigenvalue weighted by Crippen LogP contribution is 2.38. The maximum absolute atomic E-state index is 13.7. The van der Waals surface area contributed by atoms with Crippen LogP contribution in [0.5, 0.6) is 5.75 Å². The molecule has 0 fully saturated rings. The number of ketones is 1. The summed E-state index contributed by atoms with van der Waals surface area (Å²) in [6.07, 6.45) is 0.327. The first-order valence-corrected chi connectivity index (χ1v) is 11.0. The first-order valence-electron chi connectivity index (χ1n) is 9.58. The first-order chi connectivity index (χ1) is 14.4. The summed E-state index contributed by atoms with van der Waals surface area (Å²) in [6.45, 7) is 1.91. The van der Waals surface area contributed by atoms with Gasteiger partial charge in [-0.05, 0) is 48.9 Å². The van der Waals surface area contributed by atoms with Crippen LogP contribution in [-0.2, 0) is 16.4 Å². The van der Waals surface area contributed by atoms with E-state index >= 15 is 0 Å². The summed E-state index contributed by atoms with van der Waals surface area (Å²) in [4.78, 5) is 13.6. The number of ether oxygens (including phenoxy) is 1. The number of aryl methyl sites for hydroxylation is 1. The first kappa shape index (κ1) is 18.6. The fourth-order valence-corrected chi connectivity index (χ4v) is 5.70. The molecule has 0 unspecified atom stereocenters. The lowest BCUT2D eigenvalue weighted by Gasteiger charge is -2.19. The molecule has 6 heteroatoms. The Kier molecular flexibility index (Phi) is 4.08. The van der Waals surface area contributed by atoms with Crippen LogP contribution in [0.15, 0.2) is 71.6 Å². The zero-order valence-corrected chi connectivity index (χ0v) is 17.4. The normalized spacial score (nSPS) is 13.2. The third kappa shape index (κ3) is 2.60. The lowest BCUT2D eigenvalue weighted by Crippen LogP contribution is -2.21. The number of fused-ring (bicyclic) bond motifs is 4. The van der Waals surface area contributed by atoms with Crippen LogP contribution < -0.4 is 4.74 Å². The van der Waals surface area contributed by atoms with Crippen molar-refractivity contribution < 1.29 is 17.9 Å². The van der Waals surface area contributed by atoms with Crippen LogP contribution in [-0.4, -0.2) is 25.3 Å². The molecule has 4 aromatic rings. The van der Waals surface area contributed by atoms with E-state index in [0.29, 0.717) is 39.9 Å². The molecule has 5 nitrogen and oxygen atoms in total. The molecule has 150 valence electrons. The van der Waals surface area contributed by atoms with Gasteiger partial charge < -0.3 is 4.74 Å². The minimum atomic E-state index is -3.89. The number of benzene rings is 3. The summed E-state index contributed by atoms with van der Waals surface area (Å²) < 4.78 is 34.0. The summed E-state index contributed by atoms with van der Waals surface area (Å²) in [5.41, 5.74) is 3.77. The number of para-hydroxylation sites is 1. The minimum absolute atomic E-state index is 0.164. The van der Waals surface area contributed by atoms with Crippen molar-refractivity contribution in [3.8, 4) is 5.75 Å². The van der Waals surface area contributed by atoms with Crippen molar-refractivity contribution in [2.75, 3.05) is 7.11 Å². The molecule has 1 aliphatic rings. The second-order valence-corrected chi connectivity index (χ2v) is 9.24. The molecule has 5 rings (SSSR count). The lowest BCUT2D eigenvalue weighted by molar-refractivity contribution is 0.103. The third-order valence-corrected chi connectivity index (χ3v) is 7.39. The summed E-state index contributed by atoms with van der Waals surface area (Å²) in [5.74, 6) is 0.469. The van der Waals surface area contributed by atoms with Crippen LogP contribution in [0.2, 0.25) is 0 Å². The number of hydrogen-bond acceptors (Lipinski definition) is 4. The van der Waals surface area contributed by atoms with Crippen molar-refractivity contribution in [2.24, 2.45) is 0 Å². The summed E-state index contributed by atoms with van der Waals surface area (Å²) >= 11 is 0. The fourth-order valence-electron chi connectivity index (χ4n) is 4.15. The number of carbonyl (C=O) groups is 1. The van der Waals surface area contributed by atoms with Gasteiger partial charge in [0.2, 0.25) is 0 Å². The molecule has 1 aliphatic carbocycles. The molecule has 1 heterocycles. The number of hydrogen-bond donors (Lipinski definition) is 0. The molecular formula is C24H19NO4S. The Labute approximate surface area is 174 Å². The van der Waals surface area contributed by atoms with Crippen molar-refractivity contribution in [3.05, 3.63) is 94.7 Å². The summed E-state index contributed by atoms with van der Waals surface area (Å²) in [5, 5.41) is 0.648. The van der Waals surface area contributed by atoms with Crippen molar-refractivity contribution in [3.63, 3.8) is 0 Å². The SMILES string of the molecule is COc1ccc2c(c1)Cc1c(c3ccccc3n1S(=O)(=O)c1ccc(C)cc1)C2=O. The van der Waals surface area contributed by atoms with Gasteiger partial charge in [0.25, 0.3) is 10.0 Å². The van der Waals surface area contributed by atoms with Gasteiger partial charge in [-0.25, -0.2) is 12.4 Å². The third-order valence-electron chi connectivity index (χ3n) is 5.63. The van der Waals surface area contributed by atoms with Crippen LogP contribution in [0.25, 0.3) is 10.9 Å². The Morgan fingerprint density at radius 3 is 2.43 bits per heavy atom. The molecule has 0 saturated carbocycles. The average molecular weight is 417 g/mol. The molecule has 0 bridgehead atoms. The van der Waals surface area contributed by atoms with Crippen molar-refractivity contribution in [2.45, 2.75) is 18.2 Å². The van der Waals surface area contributed by atoms with Gasteiger partial charge in [0.15, 0.2) is 5.78 Å². The molecule has 30 heavy (non-hydrogen) atoms. The van der Waals surface area contributed by atoms with E-state index in [0.717, 1.165) is 11.1 Å². The highest BCUT2D eigenvalue weighted by molar-refractivity contribution is 7.90. The van der Waals surface area contributed by atoms with Gasteiger partial charge in [0, 0.05) is 17.4 Å². The topological polar surface area (TPSA) is 65.4 Å². The molecule has 0 amide bonds. The van der Waals surface area contributed by atoms with Crippen LogP contribution in [0, 0.1) is 6.92 Å². The molecule has 0 N–H and O–H groups in total. The number of rotatable bonds is 3. The fraction of sp³-hybridized carbons (Fsp3) is 0.125. The predicted molar refractivity (Wildman–Crippen MR) is 115 cm³/mol. The second-order valence-electron chi connectivity index (χ2n) is 7.45. The van der Waals surface area contributed by atoms with Crippen LogP contribution in [0.4, 0.5) is 0 Å². The quantitative estimate of drug-likeness (QED) is 0.438. The van der Waals surface area contributed by atoms with E-state index < -0.39 is 10.0 Å². The summed E-state index contributed by atoms with van der Waals surface area (Å²) in [6, 6.07) is 19.2. The van der Waals surface area contributed by atoms with Crippen molar-refractivity contribution in [1.82, 2.24) is 3.97 Å². The van der Waals surface area contributed by atoms with E-state index in [1.165, 1.54) is 3.97 Å². The average Bonchev–Trinajstić information content (AvgIpc) is 3.08. The highest BCUT2D eigenvalue weighted by atomic mass is 32.2. The molecule has 0 spiro atoms. The Balaban J connectivity index is 1.82. The largest absolute Gasteiger partial charge is 0.497 e. The van der Waals surface area contributed by atoms with E-state index in [2.05, 4.69) is 0 Å². The van der Waals surface area contributed by atoms with Gasteiger partial charge in [-0.3, -0.25) is 4.79 Å². The molecular weight excluding hydrogens is 398 g/mol. The Bertz CT molecular complexity index is 1430. The van der Waals surface area contributed by atoms with Gasteiger partial charge in [-0.1, -0.05) is 35.9 Å². The van der Waals surface area contributed by atoms with E-state index in [-0.39, 0.29) is 10.7 Å². The smallest absolute Gasteiger partial charge is 0.268 e. The Morgan fingerprint density at radius 2 is 1.70 bits per heavy atom.